The minimum absolute atomic E-state index is 0.323. The molecule has 1 atom stereocenters. The summed E-state index contributed by atoms with van der Waals surface area (Å²) in [6.07, 6.45) is 7.55. The zero-order chi connectivity index (χ0) is 21.3. The van der Waals surface area contributed by atoms with Crippen LogP contribution in [0.1, 0.15) is 57.9 Å². The van der Waals surface area contributed by atoms with Crippen molar-refractivity contribution in [3.8, 4) is 22.3 Å². The first-order valence-electron chi connectivity index (χ1n) is 11.2. The molecule has 3 aromatic carbocycles. The minimum atomic E-state index is -0.740. The summed E-state index contributed by atoms with van der Waals surface area (Å²) in [5.41, 5.74) is 3.67. The van der Waals surface area contributed by atoms with Crippen LogP contribution in [0.15, 0.2) is 66.7 Å². The highest BCUT2D eigenvalue weighted by molar-refractivity contribution is 5.71. The molecule has 0 aliphatic carbocycles. The summed E-state index contributed by atoms with van der Waals surface area (Å²) < 4.78 is 29.5. The third-order valence-corrected chi connectivity index (χ3v) is 5.91. The number of benzene rings is 3. The Hall–Kier alpha value is -2.48. The molecule has 0 spiro atoms. The van der Waals surface area contributed by atoms with Crippen LogP contribution in [-0.2, 0) is 6.42 Å². The Morgan fingerprint density at radius 3 is 2.00 bits per heavy atom. The highest BCUT2D eigenvalue weighted by Crippen LogP contribution is 2.29. The third kappa shape index (κ3) is 5.78. The van der Waals surface area contributed by atoms with Crippen LogP contribution in [0, 0.1) is 17.6 Å². The molecule has 30 heavy (non-hydrogen) atoms. The second kappa shape index (κ2) is 11.1. The molecule has 0 bridgehead atoms. The van der Waals surface area contributed by atoms with Crippen LogP contribution >= 0.6 is 0 Å². The second-order valence-electron chi connectivity index (χ2n) is 8.34. The molecule has 0 heterocycles. The average Bonchev–Trinajstić information content (AvgIpc) is 2.78. The van der Waals surface area contributed by atoms with Gasteiger partial charge in [0.15, 0.2) is 11.6 Å². The molecule has 2 heteroatoms. The molecule has 1 unspecified atom stereocenters. The smallest absolute Gasteiger partial charge is 0.166 e. The lowest BCUT2D eigenvalue weighted by atomic mass is 9.94. The minimum Gasteiger partial charge on any atom is -0.203 e. The monoisotopic (exact) mass is 406 g/mol. The fourth-order valence-electron chi connectivity index (χ4n) is 4.01. The van der Waals surface area contributed by atoms with Gasteiger partial charge in [0.2, 0.25) is 0 Å². The Morgan fingerprint density at radius 1 is 0.667 bits per heavy atom. The molecule has 0 N–H and O–H groups in total. The summed E-state index contributed by atoms with van der Waals surface area (Å²) in [7, 11) is 0. The van der Waals surface area contributed by atoms with Crippen LogP contribution in [0.3, 0.4) is 0 Å². The van der Waals surface area contributed by atoms with E-state index in [0.717, 1.165) is 24.0 Å². The highest BCUT2D eigenvalue weighted by Gasteiger charge is 2.15. The van der Waals surface area contributed by atoms with Gasteiger partial charge >= 0.3 is 0 Å². The number of unbranched alkanes of at least 4 members (excludes halogenated alkanes) is 2. The molecule has 0 aliphatic rings. The SMILES string of the molecule is CCCCCC(C)CCCc1ccc(-c2ccc(-c3ccccc3)cc2)c(F)c1F. The van der Waals surface area contributed by atoms with Gasteiger partial charge in [-0.05, 0) is 41.0 Å². The van der Waals surface area contributed by atoms with Gasteiger partial charge in [0, 0.05) is 5.56 Å². The normalized spacial score (nSPS) is 12.1. The average molecular weight is 407 g/mol. The van der Waals surface area contributed by atoms with Gasteiger partial charge in [-0.2, -0.15) is 0 Å². The van der Waals surface area contributed by atoms with Crippen LogP contribution in [0.5, 0.6) is 0 Å². The lowest BCUT2D eigenvalue weighted by Gasteiger charge is -2.12. The topological polar surface area (TPSA) is 0 Å². The predicted molar refractivity (Wildman–Crippen MR) is 123 cm³/mol. The van der Waals surface area contributed by atoms with Crippen molar-refractivity contribution in [3.63, 3.8) is 0 Å². The maximum Gasteiger partial charge on any atom is 0.166 e. The molecule has 0 saturated carbocycles. The number of halogens is 2. The molecule has 0 aliphatic heterocycles. The Morgan fingerprint density at radius 2 is 1.30 bits per heavy atom. The van der Waals surface area contributed by atoms with Crippen molar-refractivity contribution in [1.82, 2.24) is 0 Å². The molecular weight excluding hydrogens is 374 g/mol. The first kappa shape index (κ1) is 22.2. The first-order valence-corrected chi connectivity index (χ1v) is 11.2. The first-order chi connectivity index (χ1) is 14.6. The molecule has 0 nitrogen and oxygen atoms in total. The fourth-order valence-corrected chi connectivity index (χ4v) is 4.01. The van der Waals surface area contributed by atoms with Crippen molar-refractivity contribution in [2.45, 2.75) is 58.8 Å². The van der Waals surface area contributed by atoms with E-state index < -0.39 is 11.6 Å². The second-order valence-corrected chi connectivity index (χ2v) is 8.34. The van der Waals surface area contributed by atoms with Crippen molar-refractivity contribution in [1.29, 1.82) is 0 Å². The van der Waals surface area contributed by atoms with Crippen molar-refractivity contribution < 1.29 is 8.78 Å². The van der Waals surface area contributed by atoms with E-state index in [2.05, 4.69) is 13.8 Å². The van der Waals surface area contributed by atoms with Crippen molar-refractivity contribution >= 4 is 0 Å². The van der Waals surface area contributed by atoms with Crippen LogP contribution in [0.2, 0.25) is 0 Å². The van der Waals surface area contributed by atoms with Crippen LogP contribution in [0.25, 0.3) is 22.3 Å². The van der Waals surface area contributed by atoms with E-state index in [0.29, 0.717) is 29.0 Å². The zero-order valence-corrected chi connectivity index (χ0v) is 18.1. The maximum atomic E-state index is 14.8. The van der Waals surface area contributed by atoms with Gasteiger partial charge in [0.05, 0.1) is 0 Å². The molecule has 3 rings (SSSR count). The molecule has 0 radical (unpaired) electrons. The molecule has 0 fully saturated rings. The number of hydrogen-bond acceptors (Lipinski definition) is 0. The Bertz CT molecular complexity index is 913. The van der Waals surface area contributed by atoms with Gasteiger partial charge in [-0.3, -0.25) is 0 Å². The summed E-state index contributed by atoms with van der Waals surface area (Å²) in [6, 6.07) is 21.1. The van der Waals surface area contributed by atoms with Crippen molar-refractivity contribution in [2.75, 3.05) is 0 Å². The molecule has 0 aromatic heterocycles. The molecular formula is C28H32F2. The fraction of sp³-hybridized carbons (Fsp3) is 0.357. The van der Waals surface area contributed by atoms with Gasteiger partial charge < -0.3 is 0 Å². The van der Waals surface area contributed by atoms with Gasteiger partial charge in [0.1, 0.15) is 0 Å². The lowest BCUT2D eigenvalue weighted by Crippen LogP contribution is -2.00. The van der Waals surface area contributed by atoms with Crippen LogP contribution in [-0.4, -0.2) is 0 Å². The molecule has 0 saturated heterocycles. The van der Waals surface area contributed by atoms with Crippen molar-refractivity contribution in [3.05, 3.63) is 83.9 Å². The predicted octanol–water partition coefficient (Wildman–Crippen LogP) is 8.84. The molecule has 0 amide bonds. The maximum absolute atomic E-state index is 14.8. The summed E-state index contributed by atoms with van der Waals surface area (Å²) in [6.45, 7) is 4.47. The number of rotatable bonds is 10. The van der Waals surface area contributed by atoms with Gasteiger partial charge in [-0.25, -0.2) is 8.78 Å². The number of aryl methyl sites for hydroxylation is 1. The molecule has 3 aromatic rings. The van der Waals surface area contributed by atoms with Gasteiger partial charge in [0.25, 0.3) is 0 Å². The van der Waals surface area contributed by atoms with Gasteiger partial charge in [-0.1, -0.05) is 113 Å². The van der Waals surface area contributed by atoms with E-state index in [1.807, 2.05) is 54.6 Å². The summed E-state index contributed by atoms with van der Waals surface area (Å²) >= 11 is 0. The molecule has 158 valence electrons. The van der Waals surface area contributed by atoms with Gasteiger partial charge in [-0.15, -0.1) is 0 Å². The van der Waals surface area contributed by atoms with Crippen LogP contribution < -0.4 is 0 Å². The lowest BCUT2D eigenvalue weighted by molar-refractivity contribution is 0.445. The Labute approximate surface area is 180 Å². The summed E-state index contributed by atoms with van der Waals surface area (Å²) in [5, 5.41) is 0. The van der Waals surface area contributed by atoms with E-state index in [1.54, 1.807) is 12.1 Å². The quantitative estimate of drug-likeness (QED) is 0.295. The highest BCUT2D eigenvalue weighted by atomic mass is 19.2. The van der Waals surface area contributed by atoms with Crippen LogP contribution in [0.4, 0.5) is 8.78 Å². The van der Waals surface area contributed by atoms with E-state index in [1.165, 1.54) is 25.7 Å². The van der Waals surface area contributed by atoms with Crippen molar-refractivity contribution in [2.24, 2.45) is 5.92 Å². The van der Waals surface area contributed by atoms with E-state index >= 15 is 0 Å². The Kier molecular flexibility index (Phi) is 8.19. The van der Waals surface area contributed by atoms with E-state index in [9.17, 15) is 8.78 Å². The zero-order valence-electron chi connectivity index (χ0n) is 18.1. The number of hydrogen-bond donors (Lipinski definition) is 0. The van der Waals surface area contributed by atoms with E-state index in [-0.39, 0.29) is 0 Å². The standard InChI is InChI=1S/C28H32F2/c1-3-4-6-10-21(2)11-9-14-25-19-20-26(28(30)27(25)29)24-17-15-23(16-18-24)22-12-7-5-8-13-22/h5,7-8,12-13,15-21H,3-4,6,9-11,14H2,1-2H3. The van der Waals surface area contributed by atoms with E-state index in [4.69, 9.17) is 0 Å². The summed E-state index contributed by atoms with van der Waals surface area (Å²) in [4.78, 5) is 0. The summed E-state index contributed by atoms with van der Waals surface area (Å²) in [5.74, 6) is -0.791. The Balaban J connectivity index is 1.64. The third-order valence-electron chi connectivity index (χ3n) is 5.91. The largest absolute Gasteiger partial charge is 0.203 e.